The molecule has 0 heterocycles. The topological polar surface area (TPSA) is 38.3 Å². The molecule has 0 spiro atoms. The van der Waals surface area contributed by atoms with Crippen molar-refractivity contribution in [3.8, 4) is 5.75 Å². The van der Waals surface area contributed by atoms with Gasteiger partial charge in [-0.1, -0.05) is 64.1 Å². The van der Waals surface area contributed by atoms with Crippen LogP contribution in [0.3, 0.4) is 0 Å². The first kappa shape index (κ1) is 18.1. The monoisotopic (exact) mass is 325 g/mol. The molecule has 0 aliphatic heterocycles. The molecule has 0 unspecified atom stereocenters. The molecule has 1 N–H and O–H groups in total. The lowest BCUT2D eigenvalue weighted by Gasteiger charge is -2.22. The van der Waals surface area contributed by atoms with E-state index in [1.54, 1.807) is 7.11 Å². The van der Waals surface area contributed by atoms with Gasteiger partial charge in [-0.25, -0.2) is 0 Å². The Morgan fingerprint density at radius 3 is 2.33 bits per heavy atom. The maximum Gasteiger partial charge on any atom is 0.232 e. The van der Waals surface area contributed by atoms with Gasteiger partial charge >= 0.3 is 0 Å². The quantitative estimate of drug-likeness (QED) is 0.828. The van der Waals surface area contributed by atoms with Gasteiger partial charge in [-0.05, 0) is 35.1 Å². The van der Waals surface area contributed by atoms with Gasteiger partial charge < -0.3 is 10.1 Å². The van der Waals surface area contributed by atoms with Crippen LogP contribution in [0, 0.1) is 0 Å². The van der Waals surface area contributed by atoms with Gasteiger partial charge in [0.1, 0.15) is 5.75 Å². The second-order valence-corrected chi connectivity index (χ2v) is 7.03. The van der Waals surface area contributed by atoms with E-state index < -0.39 is 0 Å². The second-order valence-electron chi connectivity index (χ2n) is 7.03. The molecule has 1 amide bonds. The van der Waals surface area contributed by atoms with Crippen LogP contribution in [0.1, 0.15) is 51.2 Å². The van der Waals surface area contributed by atoms with E-state index in [2.05, 4.69) is 26.1 Å². The van der Waals surface area contributed by atoms with Crippen molar-refractivity contribution in [2.75, 3.05) is 12.4 Å². The van der Waals surface area contributed by atoms with E-state index in [9.17, 15) is 4.79 Å². The molecule has 2 aromatic rings. The largest absolute Gasteiger partial charge is 0.495 e. The molecule has 0 bridgehead atoms. The molecule has 2 aromatic carbocycles. The van der Waals surface area contributed by atoms with Gasteiger partial charge in [-0.15, -0.1) is 0 Å². The van der Waals surface area contributed by atoms with Crippen LogP contribution in [0.4, 0.5) is 5.69 Å². The third-order valence-electron chi connectivity index (χ3n) is 4.25. The van der Waals surface area contributed by atoms with Crippen molar-refractivity contribution in [2.24, 2.45) is 0 Å². The number of hydrogen-bond donors (Lipinski definition) is 1. The van der Waals surface area contributed by atoms with Gasteiger partial charge in [0.25, 0.3) is 0 Å². The van der Waals surface area contributed by atoms with Crippen LogP contribution in [0.25, 0.3) is 0 Å². The fraction of sp³-hybridized carbons (Fsp3) is 0.381. The van der Waals surface area contributed by atoms with Crippen molar-refractivity contribution in [3.05, 3.63) is 59.7 Å². The van der Waals surface area contributed by atoms with Crippen LogP contribution < -0.4 is 10.1 Å². The van der Waals surface area contributed by atoms with Gasteiger partial charge in [0.15, 0.2) is 0 Å². The zero-order chi connectivity index (χ0) is 17.7. The number of benzene rings is 2. The SMILES string of the molecule is CC[C@H](C(=O)Nc1cc(C(C)(C)C)ccc1OC)c1ccccc1. The fourth-order valence-electron chi connectivity index (χ4n) is 2.75. The molecule has 1 atom stereocenters. The molecule has 0 radical (unpaired) electrons. The lowest BCUT2D eigenvalue weighted by Crippen LogP contribution is -2.21. The third-order valence-corrected chi connectivity index (χ3v) is 4.25. The highest BCUT2D eigenvalue weighted by atomic mass is 16.5. The number of methoxy groups -OCH3 is 1. The zero-order valence-electron chi connectivity index (χ0n) is 15.2. The molecule has 0 saturated carbocycles. The summed E-state index contributed by atoms with van der Waals surface area (Å²) in [7, 11) is 1.62. The fourth-order valence-corrected chi connectivity index (χ4v) is 2.75. The summed E-state index contributed by atoms with van der Waals surface area (Å²) < 4.78 is 5.42. The summed E-state index contributed by atoms with van der Waals surface area (Å²) in [6.45, 7) is 8.48. The number of nitrogens with one attached hydrogen (secondary N) is 1. The lowest BCUT2D eigenvalue weighted by atomic mass is 9.86. The molecule has 128 valence electrons. The first-order chi connectivity index (χ1) is 11.4. The van der Waals surface area contributed by atoms with Crippen LogP contribution in [-0.4, -0.2) is 13.0 Å². The van der Waals surface area contributed by atoms with E-state index in [4.69, 9.17) is 4.74 Å². The summed E-state index contributed by atoms with van der Waals surface area (Å²) in [6.07, 6.45) is 0.747. The summed E-state index contributed by atoms with van der Waals surface area (Å²) in [6, 6.07) is 15.9. The van der Waals surface area contributed by atoms with E-state index in [-0.39, 0.29) is 17.2 Å². The van der Waals surface area contributed by atoms with Crippen LogP contribution in [0.2, 0.25) is 0 Å². The Hall–Kier alpha value is -2.29. The molecule has 3 nitrogen and oxygen atoms in total. The van der Waals surface area contributed by atoms with Gasteiger partial charge in [-0.3, -0.25) is 4.79 Å². The molecule has 0 fully saturated rings. The van der Waals surface area contributed by atoms with Crippen LogP contribution in [0.5, 0.6) is 5.75 Å². The summed E-state index contributed by atoms with van der Waals surface area (Å²) in [4.78, 5) is 12.8. The molecule has 3 heteroatoms. The van der Waals surface area contributed by atoms with Crippen LogP contribution >= 0.6 is 0 Å². The third kappa shape index (κ3) is 4.16. The van der Waals surface area contributed by atoms with Gasteiger partial charge in [0.2, 0.25) is 5.91 Å². The highest BCUT2D eigenvalue weighted by molar-refractivity contribution is 5.97. The Balaban J connectivity index is 2.30. The normalized spacial score (nSPS) is 12.5. The highest BCUT2D eigenvalue weighted by Gasteiger charge is 2.21. The predicted molar refractivity (Wildman–Crippen MR) is 99.8 cm³/mol. The first-order valence-corrected chi connectivity index (χ1v) is 8.41. The van der Waals surface area contributed by atoms with Crippen molar-refractivity contribution in [1.29, 1.82) is 0 Å². The van der Waals surface area contributed by atoms with E-state index in [0.29, 0.717) is 5.75 Å². The van der Waals surface area contributed by atoms with Gasteiger partial charge in [0, 0.05) is 0 Å². The van der Waals surface area contributed by atoms with E-state index >= 15 is 0 Å². The Labute approximate surface area is 145 Å². The Morgan fingerprint density at radius 1 is 1.12 bits per heavy atom. The summed E-state index contributed by atoms with van der Waals surface area (Å²) >= 11 is 0. The minimum atomic E-state index is -0.172. The minimum absolute atomic E-state index is 0.00643. The molecule has 0 saturated heterocycles. The number of anilines is 1. The number of ether oxygens (including phenoxy) is 1. The van der Waals surface area contributed by atoms with E-state index in [1.165, 1.54) is 0 Å². The lowest BCUT2D eigenvalue weighted by molar-refractivity contribution is -0.117. The van der Waals surface area contributed by atoms with Crippen molar-refractivity contribution >= 4 is 11.6 Å². The van der Waals surface area contributed by atoms with Crippen LogP contribution in [0.15, 0.2) is 48.5 Å². The Kier molecular flexibility index (Phi) is 5.66. The standard InChI is InChI=1S/C21H27NO2/c1-6-17(15-10-8-7-9-11-15)20(23)22-18-14-16(21(2,3)4)12-13-19(18)24-5/h7-14,17H,6H2,1-5H3,(H,22,23)/t17-/m0/s1. The van der Waals surface area contributed by atoms with E-state index in [0.717, 1.165) is 23.2 Å². The van der Waals surface area contributed by atoms with Gasteiger partial charge in [0.05, 0.1) is 18.7 Å². The Morgan fingerprint density at radius 2 is 1.79 bits per heavy atom. The number of rotatable bonds is 5. The molecule has 0 aromatic heterocycles. The Bertz CT molecular complexity index is 687. The average molecular weight is 325 g/mol. The summed E-state index contributed by atoms with van der Waals surface area (Å²) in [5.74, 6) is 0.501. The number of carbonyl (C=O) groups is 1. The van der Waals surface area contributed by atoms with Crippen molar-refractivity contribution in [3.63, 3.8) is 0 Å². The molecule has 24 heavy (non-hydrogen) atoms. The van der Waals surface area contributed by atoms with Crippen molar-refractivity contribution in [1.82, 2.24) is 0 Å². The maximum atomic E-state index is 12.8. The van der Waals surface area contributed by atoms with Crippen molar-refractivity contribution in [2.45, 2.75) is 45.4 Å². The molecule has 0 aliphatic carbocycles. The number of carbonyl (C=O) groups excluding carboxylic acids is 1. The highest BCUT2D eigenvalue weighted by Crippen LogP contribution is 2.32. The molecule has 0 aliphatic rings. The number of hydrogen-bond acceptors (Lipinski definition) is 2. The average Bonchev–Trinajstić information content (AvgIpc) is 2.55. The van der Waals surface area contributed by atoms with Crippen molar-refractivity contribution < 1.29 is 9.53 Å². The second kappa shape index (κ2) is 7.52. The molecule has 2 rings (SSSR count). The first-order valence-electron chi connectivity index (χ1n) is 8.41. The molecular formula is C21H27NO2. The van der Waals surface area contributed by atoms with Crippen LogP contribution in [-0.2, 0) is 10.2 Å². The van der Waals surface area contributed by atoms with E-state index in [1.807, 2.05) is 55.5 Å². The summed E-state index contributed by atoms with van der Waals surface area (Å²) in [5, 5.41) is 3.06. The number of amides is 1. The predicted octanol–water partition coefficient (Wildman–Crippen LogP) is 5.13. The minimum Gasteiger partial charge on any atom is -0.495 e. The smallest absolute Gasteiger partial charge is 0.232 e. The zero-order valence-corrected chi connectivity index (χ0v) is 15.2. The maximum absolute atomic E-state index is 12.8. The molecular weight excluding hydrogens is 298 g/mol. The summed E-state index contributed by atoms with van der Waals surface area (Å²) in [5.41, 5.74) is 2.93. The van der Waals surface area contributed by atoms with Gasteiger partial charge in [-0.2, -0.15) is 0 Å².